The van der Waals surface area contributed by atoms with E-state index in [0.717, 1.165) is 0 Å². The van der Waals surface area contributed by atoms with Crippen LogP contribution in [0.4, 0.5) is 0 Å². The Labute approximate surface area is 59.8 Å². The molecule has 0 bridgehead atoms. The summed E-state index contributed by atoms with van der Waals surface area (Å²) in [4.78, 5) is 0. The summed E-state index contributed by atoms with van der Waals surface area (Å²) in [7, 11) is 0.414. The predicted octanol–water partition coefficient (Wildman–Crippen LogP) is 3.06. The van der Waals surface area contributed by atoms with Crippen LogP contribution in [-0.2, 0) is 0 Å². The van der Waals surface area contributed by atoms with Crippen molar-refractivity contribution >= 4 is 7.92 Å². The van der Waals surface area contributed by atoms with Gasteiger partial charge in [-0.15, -0.1) is 7.92 Å². The van der Waals surface area contributed by atoms with Crippen molar-refractivity contribution in [3.8, 4) is 0 Å². The second-order valence-electron chi connectivity index (χ2n) is 3.86. The maximum Gasteiger partial charge on any atom is -0.0179 e. The van der Waals surface area contributed by atoms with Crippen LogP contribution in [0.5, 0.6) is 0 Å². The quantitative estimate of drug-likeness (QED) is 0.458. The van der Waals surface area contributed by atoms with Gasteiger partial charge < -0.3 is 0 Å². The van der Waals surface area contributed by atoms with Gasteiger partial charge in [0.25, 0.3) is 0 Å². The van der Waals surface area contributed by atoms with Gasteiger partial charge >= 0.3 is 0 Å². The Morgan fingerprint density at radius 3 is 1.67 bits per heavy atom. The van der Waals surface area contributed by atoms with E-state index in [-0.39, 0.29) is 0 Å². The van der Waals surface area contributed by atoms with Crippen LogP contribution < -0.4 is 0 Å². The number of hydrogen-bond acceptors (Lipinski definition) is 0. The van der Waals surface area contributed by atoms with E-state index >= 15 is 0 Å². The molecule has 0 radical (unpaired) electrons. The first-order valence-electron chi connectivity index (χ1n) is 3.86. The van der Waals surface area contributed by atoms with E-state index in [2.05, 4.69) is 20.8 Å². The Morgan fingerprint density at radius 2 is 1.44 bits per heavy atom. The lowest BCUT2D eigenvalue weighted by Gasteiger charge is -2.26. The standard InChI is InChI=1S/C8H17P/c1-8(2,3)9-6-4-5-7-9/h4-7H2,1-3H3. The summed E-state index contributed by atoms with van der Waals surface area (Å²) in [5, 5.41) is 0.645. The van der Waals surface area contributed by atoms with Crippen LogP contribution in [0.3, 0.4) is 0 Å². The normalized spacial score (nSPS) is 23.0. The van der Waals surface area contributed by atoms with E-state index < -0.39 is 0 Å². The smallest absolute Gasteiger partial charge is 0.0179 e. The van der Waals surface area contributed by atoms with E-state index in [1.807, 2.05) is 0 Å². The zero-order valence-corrected chi connectivity index (χ0v) is 7.67. The minimum Gasteiger partial charge on any atom is -0.101 e. The molecule has 0 aromatic heterocycles. The van der Waals surface area contributed by atoms with Crippen LogP contribution in [0.2, 0.25) is 0 Å². The maximum absolute atomic E-state index is 2.39. The highest BCUT2D eigenvalue weighted by Gasteiger charge is 2.26. The van der Waals surface area contributed by atoms with Crippen molar-refractivity contribution in [2.24, 2.45) is 0 Å². The Morgan fingerprint density at radius 1 is 1.00 bits per heavy atom. The van der Waals surface area contributed by atoms with Crippen molar-refractivity contribution in [3.05, 3.63) is 0 Å². The average molecular weight is 144 g/mol. The van der Waals surface area contributed by atoms with Gasteiger partial charge in [0.15, 0.2) is 0 Å². The van der Waals surface area contributed by atoms with Crippen LogP contribution >= 0.6 is 7.92 Å². The van der Waals surface area contributed by atoms with Gasteiger partial charge in [-0.05, 0) is 30.3 Å². The second kappa shape index (κ2) is 2.58. The van der Waals surface area contributed by atoms with Gasteiger partial charge in [-0.25, -0.2) is 0 Å². The van der Waals surface area contributed by atoms with E-state index in [4.69, 9.17) is 0 Å². The molecule has 0 atom stereocenters. The fraction of sp³-hybridized carbons (Fsp3) is 1.00. The van der Waals surface area contributed by atoms with Crippen molar-refractivity contribution in [2.75, 3.05) is 12.3 Å². The molecule has 0 amide bonds. The van der Waals surface area contributed by atoms with Gasteiger partial charge in [-0.3, -0.25) is 0 Å². The predicted molar refractivity (Wildman–Crippen MR) is 45.6 cm³/mol. The Kier molecular flexibility index (Phi) is 2.16. The molecule has 0 aromatic carbocycles. The van der Waals surface area contributed by atoms with Crippen LogP contribution in [0.15, 0.2) is 0 Å². The highest BCUT2D eigenvalue weighted by atomic mass is 31.1. The van der Waals surface area contributed by atoms with Crippen LogP contribution in [0, 0.1) is 0 Å². The molecule has 0 aromatic rings. The van der Waals surface area contributed by atoms with Gasteiger partial charge in [-0.1, -0.05) is 20.8 Å². The molecule has 0 unspecified atom stereocenters. The van der Waals surface area contributed by atoms with Crippen LogP contribution in [-0.4, -0.2) is 17.5 Å². The SMILES string of the molecule is CC(C)(C)P1CCCC1. The van der Waals surface area contributed by atoms with Gasteiger partial charge in [-0.2, -0.15) is 0 Å². The lowest BCUT2D eigenvalue weighted by atomic mass is 10.3. The monoisotopic (exact) mass is 144 g/mol. The fourth-order valence-electron chi connectivity index (χ4n) is 1.39. The Hall–Kier alpha value is 0.430. The zero-order valence-electron chi connectivity index (χ0n) is 6.78. The lowest BCUT2D eigenvalue weighted by molar-refractivity contribution is 0.784. The van der Waals surface area contributed by atoms with Crippen molar-refractivity contribution in [1.82, 2.24) is 0 Å². The molecule has 9 heavy (non-hydrogen) atoms. The Bertz CT molecular complexity index is 85.2. The van der Waals surface area contributed by atoms with E-state index in [0.29, 0.717) is 13.1 Å². The summed E-state index contributed by atoms with van der Waals surface area (Å²) in [5.74, 6) is 0. The first-order valence-corrected chi connectivity index (χ1v) is 5.57. The highest BCUT2D eigenvalue weighted by molar-refractivity contribution is 7.59. The first kappa shape index (κ1) is 7.54. The van der Waals surface area contributed by atoms with E-state index in [9.17, 15) is 0 Å². The van der Waals surface area contributed by atoms with E-state index in [1.54, 1.807) is 12.3 Å². The molecule has 1 aliphatic rings. The number of hydrogen-bond donors (Lipinski definition) is 0. The molecule has 0 spiro atoms. The molecule has 1 aliphatic heterocycles. The van der Waals surface area contributed by atoms with Crippen molar-refractivity contribution in [3.63, 3.8) is 0 Å². The summed E-state index contributed by atoms with van der Waals surface area (Å²) in [5.41, 5.74) is 0. The first-order chi connectivity index (χ1) is 4.11. The van der Waals surface area contributed by atoms with Crippen molar-refractivity contribution in [2.45, 2.75) is 38.8 Å². The maximum atomic E-state index is 2.39. The highest BCUT2D eigenvalue weighted by Crippen LogP contribution is 2.53. The van der Waals surface area contributed by atoms with E-state index in [1.165, 1.54) is 12.8 Å². The third-order valence-corrected chi connectivity index (χ3v) is 5.66. The van der Waals surface area contributed by atoms with Gasteiger partial charge in [0.2, 0.25) is 0 Å². The minimum atomic E-state index is 0.414. The van der Waals surface area contributed by atoms with Crippen molar-refractivity contribution < 1.29 is 0 Å². The van der Waals surface area contributed by atoms with Crippen LogP contribution in [0.1, 0.15) is 33.6 Å². The van der Waals surface area contributed by atoms with Crippen LogP contribution in [0.25, 0.3) is 0 Å². The van der Waals surface area contributed by atoms with Gasteiger partial charge in [0.1, 0.15) is 0 Å². The van der Waals surface area contributed by atoms with Crippen molar-refractivity contribution in [1.29, 1.82) is 0 Å². The molecule has 1 heteroatoms. The van der Waals surface area contributed by atoms with Gasteiger partial charge in [0.05, 0.1) is 0 Å². The summed E-state index contributed by atoms with van der Waals surface area (Å²) in [6, 6.07) is 0. The third-order valence-electron chi connectivity index (χ3n) is 2.05. The molecule has 1 fully saturated rings. The second-order valence-corrected chi connectivity index (χ2v) is 7.18. The molecular formula is C8H17P. The molecule has 0 aliphatic carbocycles. The third kappa shape index (κ3) is 1.93. The summed E-state index contributed by atoms with van der Waals surface area (Å²) in [6.45, 7) is 7.18. The average Bonchev–Trinajstić information content (AvgIpc) is 2.08. The fourth-order valence-corrected chi connectivity index (χ4v) is 4.16. The minimum absolute atomic E-state index is 0.414. The molecule has 54 valence electrons. The molecule has 0 saturated carbocycles. The summed E-state index contributed by atoms with van der Waals surface area (Å²) in [6.07, 6.45) is 6.09. The number of rotatable bonds is 0. The zero-order chi connectivity index (χ0) is 6.91. The molecule has 1 heterocycles. The summed E-state index contributed by atoms with van der Waals surface area (Å²) < 4.78 is 0. The topological polar surface area (TPSA) is 0 Å². The largest absolute Gasteiger partial charge is 0.101 e. The lowest BCUT2D eigenvalue weighted by Crippen LogP contribution is -2.11. The summed E-state index contributed by atoms with van der Waals surface area (Å²) >= 11 is 0. The molecule has 1 rings (SSSR count). The molecule has 1 saturated heterocycles. The molecule has 0 N–H and O–H groups in total. The van der Waals surface area contributed by atoms with Gasteiger partial charge in [0, 0.05) is 0 Å². The molecular weight excluding hydrogens is 127 g/mol. The molecule has 0 nitrogen and oxygen atoms in total. The Balaban J connectivity index is 2.42.